The van der Waals surface area contributed by atoms with Crippen LogP contribution in [0.3, 0.4) is 0 Å². The number of rotatable bonds is 11. The highest BCUT2D eigenvalue weighted by Gasteiger charge is 2.32. The molecule has 2 amide bonds. The smallest absolute Gasteiger partial charge is 0.244 e. The fraction of sp³-hybridized carbons (Fsp3) is 0.500. The molecule has 0 aromatic heterocycles. The lowest BCUT2D eigenvalue weighted by Gasteiger charge is -2.34. The molecule has 3 rings (SSSR count). The third kappa shape index (κ3) is 8.20. The lowest BCUT2D eigenvalue weighted by Crippen LogP contribution is -2.54. The van der Waals surface area contributed by atoms with Crippen LogP contribution in [0.5, 0.6) is 0 Å². The van der Waals surface area contributed by atoms with Crippen molar-refractivity contribution in [3.63, 3.8) is 0 Å². The van der Waals surface area contributed by atoms with Crippen LogP contribution in [-0.2, 0) is 26.0 Å². The lowest BCUT2D eigenvalue weighted by atomic mass is 9.95. The van der Waals surface area contributed by atoms with Crippen LogP contribution in [0.25, 0.3) is 0 Å². The molecular formula is C28H38ClN3O4S. The first-order chi connectivity index (χ1) is 17.6. The fourth-order valence-electron chi connectivity index (χ4n) is 4.79. The maximum absolute atomic E-state index is 13.8. The number of benzene rings is 2. The molecule has 0 spiro atoms. The number of hydrogen-bond acceptors (Lipinski definition) is 4. The first-order valence-electron chi connectivity index (χ1n) is 13.0. The molecule has 0 aliphatic heterocycles. The number of nitrogens with zero attached hydrogens (tertiary/aromatic N) is 2. The lowest BCUT2D eigenvalue weighted by molar-refractivity contribution is -0.140. The van der Waals surface area contributed by atoms with Crippen LogP contribution in [0.15, 0.2) is 48.5 Å². The van der Waals surface area contributed by atoms with E-state index in [1.165, 1.54) is 6.42 Å². The van der Waals surface area contributed by atoms with E-state index in [2.05, 4.69) is 5.32 Å². The Labute approximate surface area is 226 Å². The molecule has 1 aliphatic rings. The molecule has 2 aromatic carbocycles. The summed E-state index contributed by atoms with van der Waals surface area (Å²) in [5.74, 6) is -0.608. The van der Waals surface area contributed by atoms with Crippen molar-refractivity contribution in [2.45, 2.75) is 70.9 Å². The quantitative estimate of drug-likeness (QED) is 0.441. The van der Waals surface area contributed by atoms with Crippen molar-refractivity contribution >= 4 is 39.1 Å². The zero-order valence-corrected chi connectivity index (χ0v) is 23.5. The van der Waals surface area contributed by atoms with Crippen LogP contribution in [0, 0.1) is 6.92 Å². The van der Waals surface area contributed by atoms with Gasteiger partial charge in [0.25, 0.3) is 0 Å². The third-order valence-corrected chi connectivity index (χ3v) is 8.49. The van der Waals surface area contributed by atoms with E-state index in [4.69, 9.17) is 11.6 Å². The number of sulfonamides is 1. The van der Waals surface area contributed by atoms with Crippen molar-refractivity contribution in [3.05, 3.63) is 64.7 Å². The van der Waals surface area contributed by atoms with E-state index in [1.807, 2.05) is 44.2 Å². The second-order valence-corrected chi connectivity index (χ2v) is 12.1. The molecule has 37 heavy (non-hydrogen) atoms. The van der Waals surface area contributed by atoms with Gasteiger partial charge in [-0.3, -0.25) is 13.9 Å². The number of aryl methyl sites for hydroxylation is 1. The number of carbonyl (C=O) groups is 2. The molecule has 7 nitrogen and oxygen atoms in total. The zero-order chi connectivity index (χ0) is 27.0. The van der Waals surface area contributed by atoms with E-state index in [9.17, 15) is 18.0 Å². The van der Waals surface area contributed by atoms with Crippen molar-refractivity contribution < 1.29 is 18.0 Å². The Bertz CT molecular complexity index is 1170. The highest BCUT2D eigenvalue weighted by atomic mass is 35.5. The fourth-order valence-corrected chi connectivity index (χ4v) is 5.81. The second kappa shape index (κ2) is 13.3. The van der Waals surface area contributed by atoms with Gasteiger partial charge in [-0.05, 0) is 55.9 Å². The Morgan fingerprint density at radius 2 is 1.76 bits per heavy atom. The Kier molecular flexibility index (Phi) is 10.4. The SMILES string of the molecule is CCC(C(=O)NC1CCCCC1)N(CCc1ccccc1)C(=O)CN(c1ccc(C)c(Cl)c1)S(C)(=O)=O. The number of anilines is 1. The van der Waals surface area contributed by atoms with Gasteiger partial charge in [0.05, 0.1) is 11.9 Å². The number of amides is 2. The van der Waals surface area contributed by atoms with Gasteiger partial charge in [0.2, 0.25) is 21.8 Å². The van der Waals surface area contributed by atoms with Crippen molar-refractivity contribution in [1.82, 2.24) is 10.2 Å². The summed E-state index contributed by atoms with van der Waals surface area (Å²) in [5, 5.41) is 3.56. The Hall–Kier alpha value is -2.58. The molecule has 1 unspecified atom stereocenters. The molecule has 1 aliphatic carbocycles. The number of hydrogen-bond donors (Lipinski definition) is 1. The Balaban J connectivity index is 1.87. The minimum atomic E-state index is -3.79. The zero-order valence-electron chi connectivity index (χ0n) is 22.0. The Morgan fingerprint density at radius 3 is 2.35 bits per heavy atom. The first kappa shape index (κ1) is 29.0. The van der Waals surface area contributed by atoms with Crippen LogP contribution in [-0.4, -0.2) is 56.6 Å². The average molecular weight is 548 g/mol. The van der Waals surface area contributed by atoms with Gasteiger partial charge in [-0.1, -0.05) is 74.2 Å². The molecule has 2 aromatic rings. The van der Waals surface area contributed by atoms with E-state index in [-0.39, 0.29) is 11.9 Å². The van der Waals surface area contributed by atoms with Crippen LogP contribution in [0.1, 0.15) is 56.6 Å². The predicted octanol–water partition coefficient (Wildman–Crippen LogP) is 4.71. The summed E-state index contributed by atoms with van der Waals surface area (Å²) in [6, 6.07) is 14.1. The summed E-state index contributed by atoms with van der Waals surface area (Å²) >= 11 is 6.26. The molecule has 0 bridgehead atoms. The van der Waals surface area contributed by atoms with Gasteiger partial charge in [-0.2, -0.15) is 0 Å². The molecule has 202 valence electrons. The van der Waals surface area contributed by atoms with Crippen LogP contribution >= 0.6 is 11.6 Å². The number of nitrogens with one attached hydrogen (secondary N) is 1. The molecule has 1 atom stereocenters. The topological polar surface area (TPSA) is 86.8 Å². The third-order valence-electron chi connectivity index (χ3n) is 6.94. The normalized spacial score (nSPS) is 15.1. The molecule has 0 radical (unpaired) electrons. The highest BCUT2D eigenvalue weighted by molar-refractivity contribution is 7.92. The second-order valence-electron chi connectivity index (χ2n) is 9.79. The molecule has 1 saturated carbocycles. The van der Waals surface area contributed by atoms with E-state index in [0.717, 1.165) is 47.4 Å². The molecule has 0 saturated heterocycles. The van der Waals surface area contributed by atoms with E-state index < -0.39 is 28.5 Å². The molecular weight excluding hydrogens is 510 g/mol. The largest absolute Gasteiger partial charge is 0.352 e. The molecule has 1 N–H and O–H groups in total. The van der Waals surface area contributed by atoms with Crippen LogP contribution in [0.2, 0.25) is 5.02 Å². The maximum atomic E-state index is 13.8. The van der Waals surface area contributed by atoms with Gasteiger partial charge in [0.15, 0.2) is 0 Å². The first-order valence-corrected chi connectivity index (χ1v) is 15.2. The van der Waals surface area contributed by atoms with Crippen molar-refractivity contribution in [2.75, 3.05) is 23.7 Å². The van der Waals surface area contributed by atoms with Gasteiger partial charge < -0.3 is 10.2 Å². The van der Waals surface area contributed by atoms with Crippen LogP contribution in [0.4, 0.5) is 5.69 Å². The summed E-state index contributed by atoms with van der Waals surface area (Å²) in [6.45, 7) is 3.58. The van der Waals surface area contributed by atoms with Gasteiger partial charge in [-0.25, -0.2) is 8.42 Å². The number of halogens is 1. The van der Waals surface area contributed by atoms with E-state index in [0.29, 0.717) is 30.1 Å². The molecule has 0 heterocycles. The summed E-state index contributed by atoms with van der Waals surface area (Å²) in [4.78, 5) is 28.7. The number of carbonyl (C=O) groups excluding carboxylic acids is 2. The van der Waals surface area contributed by atoms with Gasteiger partial charge in [0.1, 0.15) is 12.6 Å². The van der Waals surface area contributed by atoms with Gasteiger partial charge in [0, 0.05) is 17.6 Å². The van der Waals surface area contributed by atoms with Gasteiger partial charge >= 0.3 is 0 Å². The monoisotopic (exact) mass is 547 g/mol. The van der Waals surface area contributed by atoms with Crippen LogP contribution < -0.4 is 9.62 Å². The standard InChI is InChI=1S/C28H38ClN3O4S/c1-4-26(28(34)30-23-13-9-6-10-14-23)31(18-17-22-11-7-5-8-12-22)27(33)20-32(37(3,35)36)24-16-15-21(2)25(29)19-24/h5,7-8,11-12,15-16,19,23,26H,4,6,9-10,13-14,17-18,20H2,1-3H3,(H,30,34). The minimum Gasteiger partial charge on any atom is -0.352 e. The Morgan fingerprint density at radius 1 is 1.08 bits per heavy atom. The van der Waals surface area contributed by atoms with Crippen molar-refractivity contribution in [2.24, 2.45) is 0 Å². The summed E-state index contributed by atoms with van der Waals surface area (Å²) in [5.41, 5.74) is 2.16. The minimum absolute atomic E-state index is 0.114. The summed E-state index contributed by atoms with van der Waals surface area (Å²) in [7, 11) is -3.79. The predicted molar refractivity (Wildman–Crippen MR) is 149 cm³/mol. The maximum Gasteiger partial charge on any atom is 0.244 e. The van der Waals surface area contributed by atoms with E-state index >= 15 is 0 Å². The van der Waals surface area contributed by atoms with Gasteiger partial charge in [-0.15, -0.1) is 0 Å². The van der Waals surface area contributed by atoms with E-state index in [1.54, 1.807) is 23.1 Å². The summed E-state index contributed by atoms with van der Waals surface area (Å²) < 4.78 is 26.5. The van der Waals surface area contributed by atoms with Crippen molar-refractivity contribution in [3.8, 4) is 0 Å². The molecule has 1 fully saturated rings. The highest BCUT2D eigenvalue weighted by Crippen LogP contribution is 2.25. The average Bonchev–Trinajstić information content (AvgIpc) is 2.87. The van der Waals surface area contributed by atoms with Crippen molar-refractivity contribution in [1.29, 1.82) is 0 Å². The molecule has 9 heteroatoms. The summed E-state index contributed by atoms with van der Waals surface area (Å²) in [6.07, 6.45) is 7.27.